The standard InChI is InChI=1S/C17H20N4OS/c1-14(23-15-6-3-2-4-7-15)16(22)20-10-12-21(13-11-20)17-18-8-5-9-19-17/h2-9,14H,10-13H2,1H3. The van der Waals surface area contributed by atoms with Gasteiger partial charge in [0.1, 0.15) is 0 Å². The molecule has 0 radical (unpaired) electrons. The van der Waals surface area contributed by atoms with E-state index in [1.54, 1.807) is 24.2 Å². The molecule has 0 bridgehead atoms. The SMILES string of the molecule is CC(Sc1ccccc1)C(=O)N1CCN(c2ncccn2)CC1. The van der Waals surface area contributed by atoms with Crippen LogP contribution in [0.2, 0.25) is 0 Å². The van der Waals surface area contributed by atoms with E-state index in [1.807, 2.05) is 48.2 Å². The zero-order chi connectivity index (χ0) is 16.1. The van der Waals surface area contributed by atoms with E-state index in [0.29, 0.717) is 0 Å². The van der Waals surface area contributed by atoms with Gasteiger partial charge in [-0.15, -0.1) is 11.8 Å². The lowest BCUT2D eigenvalue weighted by Crippen LogP contribution is -2.51. The van der Waals surface area contributed by atoms with Crippen LogP contribution in [0, 0.1) is 0 Å². The van der Waals surface area contributed by atoms with Crippen LogP contribution in [0.1, 0.15) is 6.92 Å². The summed E-state index contributed by atoms with van der Waals surface area (Å²) in [5.74, 6) is 0.943. The average molecular weight is 328 g/mol. The first kappa shape index (κ1) is 15.8. The first-order valence-electron chi connectivity index (χ1n) is 7.76. The summed E-state index contributed by atoms with van der Waals surface area (Å²) in [6.07, 6.45) is 3.50. The Balaban J connectivity index is 1.54. The molecule has 23 heavy (non-hydrogen) atoms. The minimum absolute atomic E-state index is 0.0723. The molecule has 5 nitrogen and oxygen atoms in total. The Labute approximate surface area is 140 Å². The number of nitrogens with zero attached hydrogens (tertiary/aromatic N) is 4. The molecular weight excluding hydrogens is 308 g/mol. The van der Waals surface area contributed by atoms with E-state index in [2.05, 4.69) is 14.9 Å². The largest absolute Gasteiger partial charge is 0.338 e. The number of aromatic nitrogens is 2. The molecule has 3 rings (SSSR count). The van der Waals surface area contributed by atoms with Crippen molar-refractivity contribution in [2.75, 3.05) is 31.1 Å². The fourth-order valence-corrected chi connectivity index (χ4v) is 3.56. The Morgan fingerprint density at radius 2 is 1.70 bits per heavy atom. The van der Waals surface area contributed by atoms with Crippen LogP contribution in [0.5, 0.6) is 0 Å². The third kappa shape index (κ3) is 4.01. The van der Waals surface area contributed by atoms with Crippen LogP contribution in [0.4, 0.5) is 5.95 Å². The summed E-state index contributed by atoms with van der Waals surface area (Å²) in [6, 6.07) is 11.9. The molecule has 0 saturated carbocycles. The molecule has 1 unspecified atom stereocenters. The van der Waals surface area contributed by atoms with E-state index >= 15 is 0 Å². The number of hydrogen-bond donors (Lipinski definition) is 0. The fourth-order valence-electron chi connectivity index (χ4n) is 2.59. The van der Waals surface area contributed by atoms with Crippen LogP contribution in [0.15, 0.2) is 53.7 Å². The van der Waals surface area contributed by atoms with Gasteiger partial charge < -0.3 is 9.80 Å². The maximum Gasteiger partial charge on any atom is 0.235 e. The molecule has 1 atom stereocenters. The van der Waals surface area contributed by atoms with Crippen molar-refractivity contribution in [3.05, 3.63) is 48.8 Å². The van der Waals surface area contributed by atoms with Crippen LogP contribution in [-0.4, -0.2) is 52.2 Å². The minimum Gasteiger partial charge on any atom is -0.338 e. The number of thioether (sulfide) groups is 1. The molecule has 0 spiro atoms. The molecule has 1 amide bonds. The molecule has 120 valence electrons. The van der Waals surface area contributed by atoms with Crippen molar-refractivity contribution >= 4 is 23.6 Å². The van der Waals surface area contributed by atoms with Gasteiger partial charge in [-0.25, -0.2) is 9.97 Å². The number of piperazine rings is 1. The Morgan fingerprint density at radius 1 is 1.04 bits per heavy atom. The van der Waals surface area contributed by atoms with E-state index in [0.717, 1.165) is 37.0 Å². The predicted octanol–water partition coefficient (Wildman–Crippen LogP) is 2.31. The first-order chi connectivity index (χ1) is 11.2. The van der Waals surface area contributed by atoms with Gasteiger partial charge >= 0.3 is 0 Å². The molecular formula is C17H20N4OS. The lowest BCUT2D eigenvalue weighted by molar-refractivity contribution is -0.130. The summed E-state index contributed by atoms with van der Waals surface area (Å²) in [5, 5.41) is -0.0723. The highest BCUT2D eigenvalue weighted by molar-refractivity contribution is 8.00. The van der Waals surface area contributed by atoms with Gasteiger partial charge in [0.2, 0.25) is 11.9 Å². The van der Waals surface area contributed by atoms with Crippen molar-refractivity contribution in [2.45, 2.75) is 17.1 Å². The summed E-state index contributed by atoms with van der Waals surface area (Å²) >= 11 is 1.61. The van der Waals surface area contributed by atoms with E-state index in [1.165, 1.54) is 0 Å². The first-order valence-corrected chi connectivity index (χ1v) is 8.64. The Hall–Kier alpha value is -2.08. The summed E-state index contributed by atoms with van der Waals surface area (Å²) in [4.78, 5) is 26.3. The Bertz CT molecular complexity index is 630. The van der Waals surface area contributed by atoms with Gasteiger partial charge in [0.15, 0.2) is 0 Å². The highest BCUT2D eigenvalue weighted by atomic mass is 32.2. The number of amides is 1. The molecule has 2 aromatic rings. The summed E-state index contributed by atoms with van der Waals surface area (Å²) < 4.78 is 0. The van der Waals surface area contributed by atoms with Crippen LogP contribution >= 0.6 is 11.8 Å². The highest BCUT2D eigenvalue weighted by Crippen LogP contribution is 2.24. The molecule has 6 heteroatoms. The Morgan fingerprint density at radius 3 is 2.35 bits per heavy atom. The quantitative estimate of drug-likeness (QED) is 0.806. The van der Waals surface area contributed by atoms with Gasteiger partial charge in [-0.3, -0.25) is 4.79 Å². The van der Waals surface area contributed by atoms with Crippen molar-refractivity contribution < 1.29 is 4.79 Å². The summed E-state index contributed by atoms with van der Waals surface area (Å²) in [6.45, 7) is 4.97. The molecule has 1 aromatic heterocycles. The average Bonchev–Trinajstić information content (AvgIpc) is 2.63. The van der Waals surface area contributed by atoms with Gasteiger partial charge in [-0.2, -0.15) is 0 Å². The third-order valence-corrected chi connectivity index (χ3v) is 4.93. The summed E-state index contributed by atoms with van der Waals surface area (Å²) in [5.41, 5.74) is 0. The van der Waals surface area contributed by atoms with E-state index < -0.39 is 0 Å². The minimum atomic E-state index is -0.0723. The topological polar surface area (TPSA) is 49.3 Å². The molecule has 1 aliphatic rings. The molecule has 1 aromatic carbocycles. The maximum atomic E-state index is 12.6. The van der Waals surface area contributed by atoms with E-state index in [9.17, 15) is 4.79 Å². The third-order valence-electron chi connectivity index (χ3n) is 3.83. The van der Waals surface area contributed by atoms with Gasteiger partial charge in [-0.1, -0.05) is 18.2 Å². The fraction of sp³-hybridized carbons (Fsp3) is 0.353. The number of carbonyl (C=O) groups is 1. The molecule has 0 aliphatic carbocycles. The van der Waals surface area contributed by atoms with Crippen molar-refractivity contribution in [2.24, 2.45) is 0 Å². The smallest absolute Gasteiger partial charge is 0.235 e. The van der Waals surface area contributed by atoms with Crippen LogP contribution in [0.3, 0.4) is 0 Å². The van der Waals surface area contributed by atoms with Crippen LogP contribution < -0.4 is 4.90 Å². The highest BCUT2D eigenvalue weighted by Gasteiger charge is 2.26. The Kier molecular flexibility index (Phi) is 5.12. The zero-order valence-corrected chi connectivity index (χ0v) is 13.9. The van der Waals surface area contributed by atoms with Crippen molar-refractivity contribution in [3.8, 4) is 0 Å². The van der Waals surface area contributed by atoms with Crippen molar-refractivity contribution in [1.29, 1.82) is 0 Å². The maximum absolute atomic E-state index is 12.6. The second kappa shape index (κ2) is 7.46. The number of rotatable bonds is 4. The zero-order valence-electron chi connectivity index (χ0n) is 13.1. The molecule has 0 N–H and O–H groups in total. The number of anilines is 1. The van der Waals surface area contributed by atoms with Gasteiger partial charge in [-0.05, 0) is 25.1 Å². The van der Waals surface area contributed by atoms with Gasteiger partial charge in [0.05, 0.1) is 5.25 Å². The molecule has 1 fully saturated rings. The lowest BCUT2D eigenvalue weighted by atomic mass is 10.3. The number of carbonyl (C=O) groups excluding carboxylic acids is 1. The second-order valence-electron chi connectivity index (χ2n) is 5.43. The van der Waals surface area contributed by atoms with E-state index in [-0.39, 0.29) is 11.2 Å². The van der Waals surface area contributed by atoms with Crippen LogP contribution in [0.25, 0.3) is 0 Å². The second-order valence-corrected chi connectivity index (χ2v) is 6.85. The van der Waals surface area contributed by atoms with Crippen molar-refractivity contribution in [3.63, 3.8) is 0 Å². The molecule has 2 heterocycles. The van der Waals surface area contributed by atoms with Crippen LogP contribution in [-0.2, 0) is 4.79 Å². The normalized spacial score (nSPS) is 16.2. The summed E-state index contributed by atoms with van der Waals surface area (Å²) in [7, 11) is 0. The number of benzene rings is 1. The molecule has 1 aliphatic heterocycles. The van der Waals surface area contributed by atoms with Gasteiger partial charge in [0, 0.05) is 43.5 Å². The van der Waals surface area contributed by atoms with Crippen molar-refractivity contribution in [1.82, 2.24) is 14.9 Å². The lowest BCUT2D eigenvalue weighted by Gasteiger charge is -2.35. The predicted molar refractivity (Wildman–Crippen MR) is 92.6 cm³/mol. The van der Waals surface area contributed by atoms with E-state index in [4.69, 9.17) is 0 Å². The monoisotopic (exact) mass is 328 g/mol. The van der Waals surface area contributed by atoms with Gasteiger partial charge in [0.25, 0.3) is 0 Å². The number of hydrogen-bond acceptors (Lipinski definition) is 5. The molecule has 1 saturated heterocycles.